The zero-order chi connectivity index (χ0) is 17.9. The summed E-state index contributed by atoms with van der Waals surface area (Å²) in [5.41, 5.74) is 0.670. The van der Waals surface area contributed by atoms with E-state index in [1.807, 2.05) is 10.8 Å². The maximum Gasteiger partial charge on any atom is 0.230 e. The molecule has 2 saturated heterocycles. The maximum absolute atomic E-state index is 13.0. The molecule has 1 amide bonds. The molecule has 2 aliphatic rings. The molecule has 0 unspecified atom stereocenters. The molecule has 138 valence electrons. The van der Waals surface area contributed by atoms with E-state index in [2.05, 4.69) is 32.1 Å². The molecule has 0 aliphatic carbocycles. The summed E-state index contributed by atoms with van der Waals surface area (Å²) >= 11 is 0. The van der Waals surface area contributed by atoms with Crippen LogP contribution in [0.3, 0.4) is 0 Å². The molecule has 2 aromatic rings. The third-order valence-corrected chi connectivity index (χ3v) is 5.13. The second-order valence-corrected chi connectivity index (χ2v) is 6.70. The number of imidazole rings is 1. The van der Waals surface area contributed by atoms with Gasteiger partial charge in [-0.25, -0.2) is 15.0 Å². The molecule has 2 aromatic heterocycles. The van der Waals surface area contributed by atoms with Crippen LogP contribution in [-0.4, -0.2) is 45.1 Å². The average Bonchev–Trinajstić information content (AvgIpc) is 3.41. The van der Waals surface area contributed by atoms with E-state index in [1.54, 1.807) is 12.4 Å². The molecule has 2 fully saturated rings. The van der Waals surface area contributed by atoms with Gasteiger partial charge in [0.05, 0.1) is 12.1 Å². The van der Waals surface area contributed by atoms with Gasteiger partial charge in [0.15, 0.2) is 5.82 Å². The normalized spacial score (nSPS) is 22.7. The molecule has 1 N–H and O–H groups in total. The van der Waals surface area contributed by atoms with Gasteiger partial charge in [-0.3, -0.25) is 4.79 Å². The summed E-state index contributed by atoms with van der Waals surface area (Å²) in [7, 11) is 0. The van der Waals surface area contributed by atoms with Gasteiger partial charge in [-0.1, -0.05) is 0 Å². The molecule has 2 atom stereocenters. The Morgan fingerprint density at radius 1 is 1.35 bits per heavy atom. The first-order valence-corrected chi connectivity index (χ1v) is 9.26. The number of hydrogen-bond acceptors (Lipinski definition) is 6. The van der Waals surface area contributed by atoms with Crippen molar-refractivity contribution in [3.63, 3.8) is 0 Å². The van der Waals surface area contributed by atoms with E-state index in [9.17, 15) is 4.79 Å². The molecule has 0 bridgehead atoms. The van der Waals surface area contributed by atoms with Crippen molar-refractivity contribution in [2.45, 2.75) is 38.8 Å². The Hall–Kier alpha value is -2.48. The number of anilines is 2. The Morgan fingerprint density at radius 2 is 2.19 bits per heavy atom. The molecule has 2 aliphatic heterocycles. The van der Waals surface area contributed by atoms with Crippen molar-refractivity contribution in [1.82, 2.24) is 19.5 Å². The number of nitrogens with zero attached hydrogens (tertiary/aromatic N) is 5. The lowest BCUT2D eigenvalue weighted by Crippen LogP contribution is -2.28. The van der Waals surface area contributed by atoms with E-state index >= 15 is 0 Å². The summed E-state index contributed by atoms with van der Waals surface area (Å²) < 4.78 is 7.88. The van der Waals surface area contributed by atoms with Crippen LogP contribution in [0, 0.1) is 5.92 Å². The molecule has 4 rings (SSSR count). The second-order valence-electron chi connectivity index (χ2n) is 6.70. The molecule has 8 heteroatoms. The molecule has 8 nitrogen and oxygen atoms in total. The molecule has 0 radical (unpaired) electrons. The van der Waals surface area contributed by atoms with Crippen LogP contribution in [0.25, 0.3) is 0 Å². The van der Waals surface area contributed by atoms with E-state index in [1.165, 1.54) is 6.33 Å². The standard InChI is InChI=1S/C18H24N6O2/c1-2-23-9-6-20-17(23)15-13(5-10-26-15)18(25)22-14-11-19-12-21-16(14)24-7-3-4-8-24/h6,9,11-13,15H,2-5,7-8,10H2,1H3,(H,22,25)/t13-,15-/m1/s1. The highest BCUT2D eigenvalue weighted by Gasteiger charge is 2.38. The highest BCUT2D eigenvalue weighted by molar-refractivity contribution is 5.95. The summed E-state index contributed by atoms with van der Waals surface area (Å²) in [6.45, 7) is 5.34. The first kappa shape index (κ1) is 17.0. The fourth-order valence-electron chi connectivity index (χ4n) is 3.78. The van der Waals surface area contributed by atoms with Crippen LogP contribution in [0.4, 0.5) is 11.5 Å². The van der Waals surface area contributed by atoms with E-state index in [0.717, 1.165) is 44.1 Å². The number of hydrogen-bond donors (Lipinski definition) is 1. The molecule has 0 spiro atoms. The molecule has 0 saturated carbocycles. The molecule has 0 aromatic carbocycles. The highest BCUT2D eigenvalue weighted by atomic mass is 16.5. The van der Waals surface area contributed by atoms with E-state index < -0.39 is 0 Å². The summed E-state index contributed by atoms with van der Waals surface area (Å²) in [4.78, 5) is 28.1. The summed E-state index contributed by atoms with van der Waals surface area (Å²) in [5.74, 6) is 1.29. The summed E-state index contributed by atoms with van der Waals surface area (Å²) in [6, 6.07) is 0. The largest absolute Gasteiger partial charge is 0.369 e. The lowest BCUT2D eigenvalue weighted by molar-refractivity contribution is -0.121. The van der Waals surface area contributed by atoms with Crippen molar-refractivity contribution in [1.29, 1.82) is 0 Å². The van der Waals surface area contributed by atoms with E-state index in [-0.39, 0.29) is 17.9 Å². The summed E-state index contributed by atoms with van der Waals surface area (Å²) in [6.07, 6.45) is 9.54. The van der Waals surface area contributed by atoms with E-state index in [0.29, 0.717) is 18.7 Å². The Morgan fingerprint density at radius 3 is 3.00 bits per heavy atom. The van der Waals surface area contributed by atoms with Crippen molar-refractivity contribution in [3.05, 3.63) is 30.7 Å². The first-order chi connectivity index (χ1) is 12.8. The van der Waals surface area contributed by atoms with Gasteiger partial charge in [0.1, 0.15) is 23.9 Å². The van der Waals surface area contributed by atoms with Crippen LogP contribution in [0.5, 0.6) is 0 Å². The van der Waals surface area contributed by atoms with E-state index in [4.69, 9.17) is 4.74 Å². The predicted octanol–water partition coefficient (Wildman–Crippen LogP) is 2.01. The third-order valence-electron chi connectivity index (χ3n) is 5.13. The molecular weight excluding hydrogens is 332 g/mol. The highest BCUT2D eigenvalue weighted by Crippen LogP contribution is 2.35. The van der Waals surface area contributed by atoms with Gasteiger partial charge in [0, 0.05) is 38.6 Å². The smallest absolute Gasteiger partial charge is 0.230 e. The number of rotatable bonds is 5. The number of carbonyl (C=O) groups is 1. The second kappa shape index (κ2) is 7.41. The Kier molecular flexibility index (Phi) is 4.83. The number of aryl methyl sites for hydroxylation is 1. The van der Waals surface area contributed by atoms with Crippen molar-refractivity contribution in [3.8, 4) is 0 Å². The van der Waals surface area contributed by atoms with Crippen molar-refractivity contribution in [2.75, 3.05) is 29.9 Å². The summed E-state index contributed by atoms with van der Waals surface area (Å²) in [5, 5.41) is 3.04. The van der Waals surface area contributed by atoms with Crippen LogP contribution >= 0.6 is 0 Å². The zero-order valence-corrected chi connectivity index (χ0v) is 15.0. The van der Waals surface area contributed by atoms with Gasteiger partial charge in [-0.05, 0) is 26.2 Å². The molecular formula is C18H24N6O2. The van der Waals surface area contributed by atoms with Gasteiger partial charge in [-0.2, -0.15) is 0 Å². The van der Waals surface area contributed by atoms with Gasteiger partial charge in [-0.15, -0.1) is 0 Å². The van der Waals surface area contributed by atoms with Crippen LogP contribution < -0.4 is 10.2 Å². The molecule has 26 heavy (non-hydrogen) atoms. The Labute approximate surface area is 152 Å². The number of amides is 1. The van der Waals surface area contributed by atoms with Gasteiger partial charge in [0.25, 0.3) is 0 Å². The fraction of sp³-hybridized carbons (Fsp3) is 0.556. The average molecular weight is 356 g/mol. The van der Waals surface area contributed by atoms with Crippen molar-refractivity contribution >= 4 is 17.4 Å². The first-order valence-electron chi connectivity index (χ1n) is 9.26. The van der Waals surface area contributed by atoms with Crippen LogP contribution in [0.15, 0.2) is 24.9 Å². The Balaban J connectivity index is 1.53. The Bertz CT molecular complexity index is 771. The van der Waals surface area contributed by atoms with Gasteiger partial charge >= 0.3 is 0 Å². The lowest BCUT2D eigenvalue weighted by Gasteiger charge is -2.22. The maximum atomic E-state index is 13.0. The van der Waals surface area contributed by atoms with Gasteiger partial charge in [0.2, 0.25) is 5.91 Å². The van der Waals surface area contributed by atoms with Gasteiger partial charge < -0.3 is 19.5 Å². The SMILES string of the molecule is CCn1ccnc1[C@@H]1OCC[C@H]1C(=O)Nc1cncnc1N1CCCC1. The topological polar surface area (TPSA) is 85.2 Å². The quantitative estimate of drug-likeness (QED) is 0.882. The fourth-order valence-corrected chi connectivity index (χ4v) is 3.78. The van der Waals surface area contributed by atoms with Crippen molar-refractivity contribution < 1.29 is 9.53 Å². The van der Waals surface area contributed by atoms with Crippen LogP contribution in [-0.2, 0) is 16.1 Å². The zero-order valence-electron chi connectivity index (χ0n) is 15.0. The van der Waals surface area contributed by atoms with Crippen LogP contribution in [0.2, 0.25) is 0 Å². The number of nitrogens with one attached hydrogen (secondary N) is 1. The third kappa shape index (κ3) is 3.16. The minimum absolute atomic E-state index is 0.0617. The lowest BCUT2D eigenvalue weighted by atomic mass is 9.99. The number of aromatic nitrogens is 4. The van der Waals surface area contributed by atoms with Crippen LogP contribution in [0.1, 0.15) is 38.1 Å². The minimum Gasteiger partial charge on any atom is -0.369 e. The number of carbonyl (C=O) groups excluding carboxylic acids is 1. The van der Waals surface area contributed by atoms with Crippen molar-refractivity contribution in [2.24, 2.45) is 5.92 Å². The monoisotopic (exact) mass is 356 g/mol. The molecule has 4 heterocycles. The number of ether oxygens (including phenoxy) is 1. The minimum atomic E-state index is -0.315. The predicted molar refractivity (Wildman–Crippen MR) is 96.8 cm³/mol.